The number of hydrogen-bond acceptors (Lipinski definition) is 6. The molecular formula is C23H23F2N7O. The lowest BCUT2D eigenvalue weighted by atomic mass is 10.1. The summed E-state index contributed by atoms with van der Waals surface area (Å²) in [7, 11) is 1.80. The molecule has 33 heavy (non-hydrogen) atoms. The second kappa shape index (κ2) is 7.58. The summed E-state index contributed by atoms with van der Waals surface area (Å²) < 4.78 is 38.2. The van der Waals surface area contributed by atoms with E-state index in [1.165, 1.54) is 12.1 Å². The van der Waals surface area contributed by atoms with Crippen LogP contribution in [0.5, 0.6) is 0 Å². The van der Waals surface area contributed by atoms with Crippen molar-refractivity contribution >= 4 is 17.1 Å². The number of hydrogen-bond donors (Lipinski definition) is 0. The number of aromatic nitrogens is 6. The number of fused-ring (bicyclic) bond motifs is 1. The number of nitrogens with zero attached hydrogens (tertiary/aromatic N) is 7. The van der Waals surface area contributed by atoms with Gasteiger partial charge >= 0.3 is 0 Å². The Hall–Kier alpha value is -3.40. The number of aryl methyl sites for hydroxylation is 1. The first-order valence-electron chi connectivity index (χ1n) is 11.0. The normalized spacial score (nSPS) is 21.2. The summed E-state index contributed by atoms with van der Waals surface area (Å²) in [6, 6.07) is 4.00. The van der Waals surface area contributed by atoms with Crippen LogP contribution in [0.4, 0.5) is 14.7 Å². The molecule has 2 fully saturated rings. The molecule has 8 nitrogen and oxygen atoms in total. The Labute approximate surface area is 188 Å². The molecule has 170 valence electrons. The molecule has 1 aromatic carbocycles. The maximum absolute atomic E-state index is 14.7. The maximum atomic E-state index is 14.7. The summed E-state index contributed by atoms with van der Waals surface area (Å²) in [6.45, 7) is 3.12. The molecule has 0 radical (unpaired) electrons. The number of morpholine rings is 1. The van der Waals surface area contributed by atoms with Gasteiger partial charge in [-0.05, 0) is 31.9 Å². The van der Waals surface area contributed by atoms with Crippen molar-refractivity contribution in [3.8, 4) is 11.3 Å². The van der Waals surface area contributed by atoms with Crippen molar-refractivity contribution in [3.05, 3.63) is 54.1 Å². The van der Waals surface area contributed by atoms with Crippen LogP contribution in [-0.2, 0) is 11.8 Å². The third kappa shape index (κ3) is 3.64. The van der Waals surface area contributed by atoms with Crippen molar-refractivity contribution in [2.75, 3.05) is 18.0 Å². The monoisotopic (exact) mass is 451 g/mol. The molecule has 4 heterocycles. The molecule has 2 atom stereocenters. The SMILES string of the molecule is C[C@H]1CN(c2nc(-c3ccc(F)cc3F)c3c(ncn3C)n2)C[C@H](c2cnn(C3CC3)c2)O1. The predicted octanol–water partition coefficient (Wildman–Crippen LogP) is 3.81. The van der Waals surface area contributed by atoms with Crippen LogP contribution >= 0.6 is 0 Å². The van der Waals surface area contributed by atoms with E-state index in [0.29, 0.717) is 41.9 Å². The Kier molecular flexibility index (Phi) is 4.65. The number of anilines is 1. The number of rotatable bonds is 4. The van der Waals surface area contributed by atoms with Crippen molar-refractivity contribution in [2.45, 2.75) is 38.0 Å². The molecule has 4 aromatic rings. The standard InChI is InChI=1S/C23H23F2N7O/c1-13-9-31(11-19(33-13)14-8-27-32(10-14)16-4-5-16)23-28-20(17-6-3-15(24)7-18(17)25)21-22(29-23)26-12-30(21)2/h3,6-8,10,12-13,16,19H,4-5,9,11H2,1-2H3/t13-,19+/m0/s1. The Balaban J connectivity index is 1.40. The van der Waals surface area contributed by atoms with E-state index in [4.69, 9.17) is 9.72 Å². The number of ether oxygens (including phenoxy) is 1. The molecule has 0 N–H and O–H groups in total. The van der Waals surface area contributed by atoms with Gasteiger partial charge in [-0.3, -0.25) is 4.68 Å². The Morgan fingerprint density at radius 1 is 1.12 bits per heavy atom. The molecule has 1 aliphatic carbocycles. The van der Waals surface area contributed by atoms with E-state index < -0.39 is 11.6 Å². The third-order valence-corrected chi connectivity index (χ3v) is 6.20. The van der Waals surface area contributed by atoms with E-state index in [1.807, 2.05) is 22.7 Å². The zero-order valence-electron chi connectivity index (χ0n) is 18.3. The molecule has 1 saturated heterocycles. The summed E-state index contributed by atoms with van der Waals surface area (Å²) in [5, 5.41) is 4.49. The lowest BCUT2D eigenvalue weighted by Gasteiger charge is -2.36. The van der Waals surface area contributed by atoms with Crippen molar-refractivity contribution < 1.29 is 13.5 Å². The van der Waals surface area contributed by atoms with Gasteiger partial charge < -0.3 is 14.2 Å². The summed E-state index contributed by atoms with van der Waals surface area (Å²) in [4.78, 5) is 15.8. The molecule has 1 saturated carbocycles. The minimum absolute atomic E-state index is 0.0675. The van der Waals surface area contributed by atoms with Crippen LogP contribution in [0.25, 0.3) is 22.4 Å². The molecule has 0 unspecified atom stereocenters. The topological polar surface area (TPSA) is 73.9 Å². The minimum Gasteiger partial charge on any atom is -0.367 e. The first kappa shape index (κ1) is 20.2. The van der Waals surface area contributed by atoms with Crippen LogP contribution in [-0.4, -0.2) is 48.5 Å². The predicted molar refractivity (Wildman–Crippen MR) is 118 cm³/mol. The Bertz CT molecular complexity index is 1350. The number of halogens is 2. The second-order valence-electron chi connectivity index (χ2n) is 8.85. The van der Waals surface area contributed by atoms with Gasteiger partial charge in [0.05, 0.1) is 31.2 Å². The van der Waals surface area contributed by atoms with Crippen LogP contribution in [0.2, 0.25) is 0 Å². The van der Waals surface area contributed by atoms with Crippen LogP contribution < -0.4 is 4.90 Å². The fourth-order valence-corrected chi connectivity index (χ4v) is 4.41. The lowest BCUT2D eigenvalue weighted by Crippen LogP contribution is -2.43. The first-order valence-corrected chi connectivity index (χ1v) is 11.0. The second-order valence-corrected chi connectivity index (χ2v) is 8.85. The molecule has 0 bridgehead atoms. The van der Waals surface area contributed by atoms with Crippen LogP contribution in [0.15, 0.2) is 36.9 Å². The largest absolute Gasteiger partial charge is 0.367 e. The molecule has 6 rings (SSSR count). The highest BCUT2D eigenvalue weighted by Crippen LogP contribution is 2.36. The zero-order chi connectivity index (χ0) is 22.7. The molecule has 0 spiro atoms. The highest BCUT2D eigenvalue weighted by atomic mass is 19.1. The quantitative estimate of drug-likeness (QED) is 0.470. The van der Waals surface area contributed by atoms with E-state index >= 15 is 0 Å². The highest BCUT2D eigenvalue weighted by Gasteiger charge is 2.32. The van der Waals surface area contributed by atoms with E-state index in [1.54, 1.807) is 17.9 Å². The molecular weight excluding hydrogens is 428 g/mol. The van der Waals surface area contributed by atoms with E-state index in [0.717, 1.165) is 24.5 Å². The Morgan fingerprint density at radius 3 is 2.76 bits per heavy atom. The van der Waals surface area contributed by atoms with Gasteiger partial charge in [-0.2, -0.15) is 10.1 Å². The van der Waals surface area contributed by atoms with Gasteiger partial charge in [0.1, 0.15) is 28.9 Å². The van der Waals surface area contributed by atoms with Crippen molar-refractivity contribution in [3.63, 3.8) is 0 Å². The minimum atomic E-state index is -0.678. The van der Waals surface area contributed by atoms with Crippen LogP contribution in [0, 0.1) is 11.6 Å². The molecule has 3 aromatic heterocycles. The number of imidazole rings is 1. The fraction of sp³-hybridized carbons (Fsp3) is 0.391. The summed E-state index contributed by atoms with van der Waals surface area (Å²) in [6.07, 6.45) is 7.61. The van der Waals surface area contributed by atoms with Gasteiger partial charge in [-0.15, -0.1) is 0 Å². The smallest absolute Gasteiger partial charge is 0.228 e. The molecule has 0 amide bonds. The third-order valence-electron chi connectivity index (χ3n) is 6.20. The van der Waals surface area contributed by atoms with Gasteiger partial charge in [0.15, 0.2) is 5.65 Å². The average Bonchev–Trinajstić information content (AvgIpc) is 3.40. The van der Waals surface area contributed by atoms with E-state index in [-0.39, 0.29) is 17.8 Å². The van der Waals surface area contributed by atoms with Gasteiger partial charge in [0, 0.05) is 37.0 Å². The summed E-state index contributed by atoms with van der Waals surface area (Å²) >= 11 is 0. The summed E-state index contributed by atoms with van der Waals surface area (Å²) in [5.41, 5.74) is 2.65. The van der Waals surface area contributed by atoms with Gasteiger partial charge in [0.25, 0.3) is 0 Å². The van der Waals surface area contributed by atoms with Crippen LogP contribution in [0.1, 0.15) is 37.5 Å². The summed E-state index contributed by atoms with van der Waals surface area (Å²) in [5.74, 6) is -0.874. The number of benzene rings is 1. The zero-order valence-corrected chi connectivity index (χ0v) is 18.3. The molecule has 10 heteroatoms. The highest BCUT2D eigenvalue weighted by molar-refractivity contribution is 5.88. The first-order chi connectivity index (χ1) is 16.0. The average molecular weight is 451 g/mol. The fourth-order valence-electron chi connectivity index (χ4n) is 4.41. The van der Waals surface area contributed by atoms with Gasteiger partial charge in [-0.25, -0.2) is 18.7 Å². The van der Waals surface area contributed by atoms with Gasteiger partial charge in [0.2, 0.25) is 5.95 Å². The van der Waals surface area contributed by atoms with Gasteiger partial charge in [-0.1, -0.05) is 0 Å². The molecule has 2 aliphatic rings. The molecule has 1 aliphatic heterocycles. The van der Waals surface area contributed by atoms with E-state index in [9.17, 15) is 8.78 Å². The Morgan fingerprint density at radius 2 is 1.97 bits per heavy atom. The van der Waals surface area contributed by atoms with E-state index in [2.05, 4.69) is 21.3 Å². The lowest BCUT2D eigenvalue weighted by molar-refractivity contribution is -0.0178. The van der Waals surface area contributed by atoms with Crippen LogP contribution in [0.3, 0.4) is 0 Å². The van der Waals surface area contributed by atoms with Crippen molar-refractivity contribution in [2.24, 2.45) is 7.05 Å². The van der Waals surface area contributed by atoms with Crippen molar-refractivity contribution in [1.29, 1.82) is 0 Å². The maximum Gasteiger partial charge on any atom is 0.228 e. The van der Waals surface area contributed by atoms with Crippen molar-refractivity contribution in [1.82, 2.24) is 29.3 Å².